The van der Waals surface area contributed by atoms with E-state index in [1.54, 1.807) is 0 Å². The maximum Gasteiger partial charge on any atom is 0.191 e. The molecule has 23 heavy (non-hydrogen) atoms. The summed E-state index contributed by atoms with van der Waals surface area (Å²) >= 11 is 9.64. The van der Waals surface area contributed by atoms with E-state index in [0.717, 1.165) is 53.2 Å². The SMILES string of the molecule is CCNC(=NCc1ccc(Br)cc1Cl)NC1CCC(O)CC1.I. The predicted molar refractivity (Wildman–Crippen MR) is 111 cm³/mol. The number of nitrogens with one attached hydrogen (secondary N) is 2. The van der Waals surface area contributed by atoms with Crippen molar-refractivity contribution in [3.05, 3.63) is 33.3 Å². The van der Waals surface area contributed by atoms with Crippen molar-refractivity contribution in [2.75, 3.05) is 6.54 Å². The molecule has 0 spiro atoms. The summed E-state index contributed by atoms with van der Waals surface area (Å²) in [6, 6.07) is 6.22. The van der Waals surface area contributed by atoms with E-state index in [4.69, 9.17) is 11.6 Å². The van der Waals surface area contributed by atoms with Crippen LogP contribution in [0.25, 0.3) is 0 Å². The molecular weight excluding hydrogens is 492 g/mol. The second-order valence-corrected chi connectivity index (χ2v) is 6.90. The van der Waals surface area contributed by atoms with Crippen molar-refractivity contribution in [2.45, 2.75) is 51.3 Å². The van der Waals surface area contributed by atoms with Crippen LogP contribution in [0.15, 0.2) is 27.7 Å². The smallest absolute Gasteiger partial charge is 0.191 e. The van der Waals surface area contributed by atoms with Crippen molar-refractivity contribution in [3.8, 4) is 0 Å². The Morgan fingerprint density at radius 1 is 1.35 bits per heavy atom. The van der Waals surface area contributed by atoms with Crippen molar-refractivity contribution in [3.63, 3.8) is 0 Å². The molecule has 0 bridgehead atoms. The number of aliphatic hydroxyl groups excluding tert-OH is 1. The fourth-order valence-corrected chi connectivity index (χ4v) is 3.28. The molecule has 0 aliphatic heterocycles. The Morgan fingerprint density at radius 3 is 2.65 bits per heavy atom. The summed E-state index contributed by atoms with van der Waals surface area (Å²) in [4.78, 5) is 4.62. The van der Waals surface area contributed by atoms with E-state index in [-0.39, 0.29) is 30.1 Å². The van der Waals surface area contributed by atoms with Gasteiger partial charge in [0.25, 0.3) is 0 Å². The minimum absolute atomic E-state index is 0. The molecule has 3 N–H and O–H groups in total. The van der Waals surface area contributed by atoms with Gasteiger partial charge in [-0.3, -0.25) is 0 Å². The van der Waals surface area contributed by atoms with Crippen LogP contribution in [0.1, 0.15) is 38.2 Å². The zero-order valence-electron chi connectivity index (χ0n) is 13.2. The molecule has 0 amide bonds. The Labute approximate surface area is 168 Å². The van der Waals surface area contributed by atoms with E-state index in [0.29, 0.717) is 12.6 Å². The fourth-order valence-electron chi connectivity index (χ4n) is 2.55. The maximum absolute atomic E-state index is 9.58. The minimum atomic E-state index is -0.140. The molecule has 0 unspecified atom stereocenters. The third-order valence-corrected chi connectivity index (χ3v) is 4.65. The average molecular weight is 517 g/mol. The third-order valence-electron chi connectivity index (χ3n) is 3.80. The molecule has 2 rings (SSSR count). The monoisotopic (exact) mass is 515 g/mol. The number of rotatable bonds is 4. The molecule has 1 saturated carbocycles. The number of halogens is 3. The second kappa shape index (κ2) is 10.7. The standard InChI is InChI=1S/C16H23BrClN3O.HI/c1-2-19-16(21-13-5-7-14(22)8-6-13)20-10-11-3-4-12(17)9-15(11)18;/h3-4,9,13-14,22H,2,5-8,10H2,1H3,(H2,19,20,21);1H. The average Bonchev–Trinajstić information content (AvgIpc) is 2.48. The topological polar surface area (TPSA) is 56.7 Å². The molecule has 1 fully saturated rings. The Morgan fingerprint density at radius 2 is 2.04 bits per heavy atom. The zero-order valence-corrected chi connectivity index (χ0v) is 17.9. The van der Waals surface area contributed by atoms with Gasteiger partial charge in [0, 0.05) is 22.1 Å². The van der Waals surface area contributed by atoms with E-state index in [1.165, 1.54) is 0 Å². The Kier molecular flexibility index (Phi) is 9.80. The lowest BCUT2D eigenvalue weighted by molar-refractivity contribution is 0.120. The molecule has 1 aromatic carbocycles. The van der Waals surface area contributed by atoms with Gasteiger partial charge in [0.15, 0.2) is 5.96 Å². The quantitative estimate of drug-likeness (QED) is 0.321. The molecule has 4 nitrogen and oxygen atoms in total. The first-order valence-corrected chi connectivity index (χ1v) is 8.92. The van der Waals surface area contributed by atoms with Crippen LogP contribution in [0.5, 0.6) is 0 Å². The Hall–Kier alpha value is -0.0500. The zero-order chi connectivity index (χ0) is 15.9. The lowest BCUT2D eigenvalue weighted by Gasteiger charge is -2.27. The molecule has 0 heterocycles. The van der Waals surface area contributed by atoms with Gasteiger partial charge >= 0.3 is 0 Å². The van der Waals surface area contributed by atoms with E-state index >= 15 is 0 Å². The van der Waals surface area contributed by atoms with Crippen LogP contribution >= 0.6 is 51.5 Å². The highest BCUT2D eigenvalue weighted by Crippen LogP contribution is 2.22. The van der Waals surface area contributed by atoms with Gasteiger partial charge in [0.05, 0.1) is 12.6 Å². The number of guanidine groups is 1. The van der Waals surface area contributed by atoms with Crippen molar-refractivity contribution < 1.29 is 5.11 Å². The third kappa shape index (κ3) is 7.15. The Balaban J connectivity index is 0.00000264. The van der Waals surface area contributed by atoms with Gasteiger partial charge in [0.2, 0.25) is 0 Å². The predicted octanol–water partition coefficient (Wildman–Crippen LogP) is 4.08. The van der Waals surface area contributed by atoms with E-state index in [9.17, 15) is 5.11 Å². The lowest BCUT2D eigenvalue weighted by atomic mass is 9.93. The molecule has 0 atom stereocenters. The summed E-state index contributed by atoms with van der Waals surface area (Å²) in [5, 5.41) is 17.0. The summed E-state index contributed by atoms with van der Waals surface area (Å²) in [5.41, 5.74) is 1.00. The molecule has 130 valence electrons. The molecule has 0 aromatic heterocycles. The highest BCUT2D eigenvalue weighted by molar-refractivity contribution is 14.0. The molecule has 7 heteroatoms. The van der Waals surface area contributed by atoms with Gasteiger partial charge < -0.3 is 15.7 Å². The largest absolute Gasteiger partial charge is 0.393 e. The van der Waals surface area contributed by atoms with Crippen LogP contribution in [-0.2, 0) is 6.54 Å². The summed E-state index contributed by atoms with van der Waals surface area (Å²) in [6.45, 7) is 3.40. The number of benzene rings is 1. The van der Waals surface area contributed by atoms with E-state index in [2.05, 4.69) is 38.5 Å². The molecular formula is C16H24BrClIN3O. The fraction of sp³-hybridized carbons (Fsp3) is 0.562. The molecule has 1 aliphatic rings. The summed E-state index contributed by atoms with van der Waals surface area (Å²) < 4.78 is 0.969. The van der Waals surface area contributed by atoms with Gasteiger partial charge in [-0.1, -0.05) is 33.6 Å². The van der Waals surface area contributed by atoms with Crippen molar-refractivity contribution >= 4 is 57.5 Å². The number of aliphatic hydroxyl groups is 1. The van der Waals surface area contributed by atoms with Crippen LogP contribution in [-0.4, -0.2) is 29.8 Å². The number of nitrogens with zero attached hydrogens (tertiary/aromatic N) is 1. The number of aliphatic imine (C=N–C) groups is 1. The first kappa shape index (κ1) is 21.0. The highest BCUT2D eigenvalue weighted by atomic mass is 127. The van der Waals surface area contributed by atoms with Gasteiger partial charge in [-0.2, -0.15) is 0 Å². The highest BCUT2D eigenvalue weighted by Gasteiger charge is 2.19. The van der Waals surface area contributed by atoms with Gasteiger partial charge in [-0.05, 0) is 50.3 Å². The van der Waals surface area contributed by atoms with Crippen LogP contribution in [0, 0.1) is 0 Å². The van der Waals surface area contributed by atoms with Gasteiger partial charge in [0.1, 0.15) is 0 Å². The normalized spacial score (nSPS) is 21.5. The molecule has 1 aliphatic carbocycles. The van der Waals surface area contributed by atoms with Crippen LogP contribution in [0.2, 0.25) is 5.02 Å². The number of hydrogen-bond donors (Lipinski definition) is 3. The van der Waals surface area contributed by atoms with Gasteiger partial charge in [-0.25, -0.2) is 4.99 Å². The van der Waals surface area contributed by atoms with Crippen molar-refractivity contribution in [1.29, 1.82) is 0 Å². The molecule has 0 radical (unpaired) electrons. The Bertz CT molecular complexity index is 522. The summed E-state index contributed by atoms with van der Waals surface area (Å²) in [5.74, 6) is 0.808. The first-order chi connectivity index (χ1) is 10.6. The lowest BCUT2D eigenvalue weighted by Crippen LogP contribution is -2.45. The van der Waals surface area contributed by atoms with Crippen LogP contribution in [0.4, 0.5) is 0 Å². The van der Waals surface area contributed by atoms with Crippen molar-refractivity contribution in [1.82, 2.24) is 10.6 Å². The molecule has 0 saturated heterocycles. The van der Waals surface area contributed by atoms with E-state index in [1.807, 2.05) is 18.2 Å². The second-order valence-electron chi connectivity index (χ2n) is 5.58. The van der Waals surface area contributed by atoms with Gasteiger partial charge in [-0.15, -0.1) is 24.0 Å². The molecule has 1 aromatic rings. The van der Waals surface area contributed by atoms with Crippen LogP contribution in [0.3, 0.4) is 0 Å². The summed E-state index contributed by atoms with van der Waals surface area (Å²) in [7, 11) is 0. The maximum atomic E-state index is 9.58. The number of hydrogen-bond acceptors (Lipinski definition) is 2. The van der Waals surface area contributed by atoms with E-state index < -0.39 is 0 Å². The summed E-state index contributed by atoms with van der Waals surface area (Å²) in [6.07, 6.45) is 3.53. The first-order valence-electron chi connectivity index (χ1n) is 7.75. The van der Waals surface area contributed by atoms with Crippen LogP contribution < -0.4 is 10.6 Å². The minimum Gasteiger partial charge on any atom is -0.393 e. The van der Waals surface area contributed by atoms with Crippen molar-refractivity contribution in [2.24, 2.45) is 4.99 Å².